The van der Waals surface area contributed by atoms with Crippen LogP contribution in [0.1, 0.15) is 24.3 Å². The summed E-state index contributed by atoms with van der Waals surface area (Å²) in [4.78, 5) is 18.5. The zero-order chi connectivity index (χ0) is 15.7. The van der Waals surface area contributed by atoms with Gasteiger partial charge in [0.1, 0.15) is 17.8 Å². The minimum absolute atomic E-state index is 0.0203. The highest BCUT2D eigenvalue weighted by molar-refractivity contribution is 5.92. The van der Waals surface area contributed by atoms with Crippen LogP contribution >= 0.6 is 0 Å². The van der Waals surface area contributed by atoms with Gasteiger partial charge in [0, 0.05) is 25.0 Å². The molecule has 3 rings (SSSR count). The van der Waals surface area contributed by atoms with Crippen molar-refractivity contribution in [2.75, 3.05) is 13.1 Å². The summed E-state index contributed by atoms with van der Waals surface area (Å²) < 4.78 is 20.3. The van der Waals surface area contributed by atoms with Crippen LogP contribution in [0.5, 0.6) is 0 Å². The van der Waals surface area contributed by atoms with Crippen molar-refractivity contribution in [3.05, 3.63) is 48.3 Å². The summed E-state index contributed by atoms with van der Waals surface area (Å²) in [6, 6.07) is 6.04. The average Bonchev–Trinajstić information content (AvgIpc) is 2.96. The van der Waals surface area contributed by atoms with Crippen LogP contribution in [0.3, 0.4) is 0 Å². The van der Waals surface area contributed by atoms with E-state index in [1.165, 1.54) is 12.1 Å². The highest BCUT2D eigenvalue weighted by atomic mass is 19.1. The van der Waals surface area contributed by atoms with Crippen LogP contribution < -0.4 is 0 Å². The van der Waals surface area contributed by atoms with E-state index in [0.717, 1.165) is 5.69 Å². The second kappa shape index (κ2) is 5.88. The number of hydrogen-bond donors (Lipinski definition) is 0. The summed E-state index contributed by atoms with van der Waals surface area (Å²) >= 11 is 0. The number of benzene rings is 1. The van der Waals surface area contributed by atoms with Gasteiger partial charge >= 0.3 is 0 Å². The first-order chi connectivity index (χ1) is 10.5. The fraction of sp³-hybridized carbons (Fsp3) is 0.375. The van der Waals surface area contributed by atoms with Gasteiger partial charge in [0.15, 0.2) is 0 Å². The number of aromatic nitrogens is 2. The fourth-order valence-electron chi connectivity index (χ4n) is 2.69. The quantitative estimate of drug-likeness (QED) is 0.855. The monoisotopic (exact) mass is 303 g/mol. The Kier molecular flexibility index (Phi) is 3.94. The molecule has 2 heterocycles. The number of ether oxygens (including phenoxy) is 1. The molecule has 0 aliphatic carbocycles. The van der Waals surface area contributed by atoms with Crippen LogP contribution in [-0.2, 0) is 4.74 Å². The van der Waals surface area contributed by atoms with Crippen LogP contribution in [0.15, 0.2) is 36.8 Å². The van der Waals surface area contributed by atoms with Crippen LogP contribution in [0.2, 0.25) is 0 Å². The van der Waals surface area contributed by atoms with Gasteiger partial charge in [-0.15, -0.1) is 0 Å². The maximum Gasteiger partial charge on any atom is 0.274 e. The molecule has 5 nitrogen and oxygen atoms in total. The molecule has 0 bridgehead atoms. The Hall–Kier alpha value is -2.21. The molecule has 6 heteroatoms. The number of hydrogen-bond acceptors (Lipinski definition) is 3. The van der Waals surface area contributed by atoms with Crippen LogP contribution in [0.25, 0.3) is 5.69 Å². The lowest BCUT2D eigenvalue weighted by atomic mass is 10.2. The Morgan fingerprint density at radius 3 is 2.50 bits per heavy atom. The molecule has 22 heavy (non-hydrogen) atoms. The first-order valence-corrected chi connectivity index (χ1v) is 7.27. The minimum atomic E-state index is -0.295. The third-order valence-corrected chi connectivity index (χ3v) is 3.63. The third kappa shape index (κ3) is 3.01. The van der Waals surface area contributed by atoms with E-state index in [1.807, 2.05) is 13.8 Å². The van der Waals surface area contributed by atoms with Crippen molar-refractivity contribution in [2.24, 2.45) is 0 Å². The zero-order valence-corrected chi connectivity index (χ0v) is 12.6. The third-order valence-electron chi connectivity index (χ3n) is 3.63. The van der Waals surface area contributed by atoms with Crippen LogP contribution in [-0.4, -0.2) is 45.7 Å². The van der Waals surface area contributed by atoms with Crippen molar-refractivity contribution >= 4 is 5.91 Å². The SMILES string of the molecule is CC1CN(C(=O)c2cn(-c3ccc(F)cc3)cn2)CC(C)O1. The van der Waals surface area contributed by atoms with Crippen LogP contribution in [0, 0.1) is 5.82 Å². The van der Waals surface area contributed by atoms with Gasteiger partial charge in [-0.25, -0.2) is 9.37 Å². The Bertz CT molecular complexity index is 658. The van der Waals surface area contributed by atoms with Gasteiger partial charge in [0.2, 0.25) is 0 Å². The maximum absolute atomic E-state index is 13.0. The summed E-state index contributed by atoms with van der Waals surface area (Å²) in [5.74, 6) is -0.403. The average molecular weight is 303 g/mol. The number of carbonyl (C=O) groups is 1. The highest BCUT2D eigenvalue weighted by Gasteiger charge is 2.27. The number of carbonyl (C=O) groups excluding carboxylic acids is 1. The first kappa shape index (κ1) is 14.7. The molecular weight excluding hydrogens is 285 g/mol. The van der Waals surface area contributed by atoms with Gasteiger partial charge in [-0.1, -0.05) is 0 Å². The van der Waals surface area contributed by atoms with Crippen molar-refractivity contribution in [2.45, 2.75) is 26.1 Å². The molecule has 0 N–H and O–H groups in total. The van der Waals surface area contributed by atoms with Crippen LogP contribution in [0.4, 0.5) is 4.39 Å². The molecule has 0 saturated carbocycles. The molecule has 1 saturated heterocycles. The van der Waals surface area contributed by atoms with E-state index < -0.39 is 0 Å². The predicted octanol–water partition coefficient (Wildman–Crippen LogP) is 2.26. The smallest absolute Gasteiger partial charge is 0.274 e. The number of nitrogens with zero attached hydrogens (tertiary/aromatic N) is 3. The first-order valence-electron chi connectivity index (χ1n) is 7.27. The van der Waals surface area contributed by atoms with E-state index in [0.29, 0.717) is 18.8 Å². The molecule has 1 amide bonds. The number of amides is 1. The molecule has 1 aliphatic heterocycles. The fourth-order valence-corrected chi connectivity index (χ4v) is 2.69. The molecule has 1 aromatic carbocycles. The normalized spacial score (nSPS) is 21.9. The van der Waals surface area contributed by atoms with Gasteiger partial charge in [-0.2, -0.15) is 0 Å². The van der Waals surface area contributed by atoms with E-state index in [4.69, 9.17) is 4.74 Å². The summed E-state index contributed by atoms with van der Waals surface area (Å²) in [6.07, 6.45) is 3.27. The molecule has 1 aliphatic rings. The molecular formula is C16H18FN3O2. The van der Waals surface area contributed by atoms with Gasteiger partial charge < -0.3 is 14.2 Å². The van der Waals surface area contributed by atoms with E-state index in [9.17, 15) is 9.18 Å². The molecule has 2 atom stereocenters. The zero-order valence-electron chi connectivity index (χ0n) is 12.6. The molecule has 2 unspecified atom stereocenters. The number of halogens is 1. The lowest BCUT2D eigenvalue weighted by Crippen LogP contribution is -2.48. The van der Waals surface area contributed by atoms with E-state index in [2.05, 4.69) is 4.98 Å². The van der Waals surface area contributed by atoms with E-state index >= 15 is 0 Å². The summed E-state index contributed by atoms with van der Waals surface area (Å²) in [6.45, 7) is 5.03. The van der Waals surface area contributed by atoms with Gasteiger partial charge in [-0.05, 0) is 38.1 Å². The largest absolute Gasteiger partial charge is 0.372 e. The van der Waals surface area contributed by atoms with Gasteiger partial charge in [-0.3, -0.25) is 4.79 Å². The van der Waals surface area contributed by atoms with E-state index in [-0.39, 0.29) is 23.9 Å². The van der Waals surface area contributed by atoms with Crippen molar-refractivity contribution in [3.8, 4) is 5.69 Å². The standard InChI is InChI=1S/C16H18FN3O2/c1-11-7-19(8-12(2)22-11)16(21)15-9-20(10-18-15)14-5-3-13(17)4-6-14/h3-6,9-12H,7-8H2,1-2H3. The number of imidazole rings is 1. The molecule has 1 fully saturated rings. The van der Waals surface area contributed by atoms with Gasteiger partial charge in [0.25, 0.3) is 5.91 Å². The number of rotatable bonds is 2. The molecule has 0 spiro atoms. The highest BCUT2D eigenvalue weighted by Crippen LogP contribution is 2.15. The second-order valence-electron chi connectivity index (χ2n) is 5.61. The Balaban J connectivity index is 1.78. The maximum atomic E-state index is 13.0. The summed E-state index contributed by atoms with van der Waals surface area (Å²) in [5, 5.41) is 0. The molecule has 0 radical (unpaired) electrons. The van der Waals surface area contributed by atoms with Gasteiger partial charge in [0.05, 0.1) is 12.2 Å². The number of morpholine rings is 1. The van der Waals surface area contributed by atoms with Crippen molar-refractivity contribution < 1.29 is 13.9 Å². The summed E-state index contributed by atoms with van der Waals surface area (Å²) in [7, 11) is 0. The molecule has 1 aromatic heterocycles. The second-order valence-corrected chi connectivity index (χ2v) is 5.61. The summed E-state index contributed by atoms with van der Waals surface area (Å²) in [5.41, 5.74) is 1.14. The van der Waals surface area contributed by atoms with Crippen molar-refractivity contribution in [3.63, 3.8) is 0 Å². The van der Waals surface area contributed by atoms with Crippen molar-refractivity contribution in [1.29, 1.82) is 0 Å². The van der Waals surface area contributed by atoms with Crippen molar-refractivity contribution in [1.82, 2.24) is 14.5 Å². The van der Waals surface area contributed by atoms with E-state index in [1.54, 1.807) is 34.1 Å². The molecule has 116 valence electrons. The lowest BCUT2D eigenvalue weighted by Gasteiger charge is -2.34. The Morgan fingerprint density at radius 1 is 1.23 bits per heavy atom. The predicted molar refractivity (Wildman–Crippen MR) is 79.4 cm³/mol. The molecule has 2 aromatic rings. The minimum Gasteiger partial charge on any atom is -0.372 e. The lowest BCUT2D eigenvalue weighted by molar-refractivity contribution is -0.0587. The Morgan fingerprint density at radius 2 is 1.86 bits per heavy atom. The topological polar surface area (TPSA) is 47.4 Å². The Labute approximate surface area is 128 Å².